The minimum atomic E-state index is -0.417. The van der Waals surface area contributed by atoms with Crippen molar-refractivity contribution in [3.05, 3.63) is 0 Å². The van der Waals surface area contributed by atoms with Gasteiger partial charge >= 0.3 is 6.09 Å². The largest absolute Gasteiger partial charge is 0.444 e. The first kappa shape index (κ1) is 16.3. The summed E-state index contributed by atoms with van der Waals surface area (Å²) in [6.45, 7) is 10.2. The van der Waals surface area contributed by atoms with Gasteiger partial charge in [-0.15, -0.1) is 0 Å². The van der Waals surface area contributed by atoms with Gasteiger partial charge in [-0.3, -0.25) is 0 Å². The van der Waals surface area contributed by atoms with Crippen molar-refractivity contribution < 1.29 is 9.53 Å². The van der Waals surface area contributed by atoms with E-state index in [2.05, 4.69) is 6.92 Å². The van der Waals surface area contributed by atoms with E-state index in [1.165, 1.54) is 12.8 Å². The van der Waals surface area contributed by atoms with E-state index in [1.807, 2.05) is 25.7 Å². The molecule has 1 heterocycles. The van der Waals surface area contributed by atoms with Crippen molar-refractivity contribution >= 4 is 6.09 Å². The van der Waals surface area contributed by atoms with Crippen LogP contribution in [0.5, 0.6) is 0 Å². The summed E-state index contributed by atoms with van der Waals surface area (Å²) in [6, 6.07) is 0. The quantitative estimate of drug-likeness (QED) is 0.857. The van der Waals surface area contributed by atoms with Crippen molar-refractivity contribution in [3.8, 4) is 0 Å². The number of rotatable bonds is 3. The summed E-state index contributed by atoms with van der Waals surface area (Å²) < 4.78 is 5.45. The molecule has 2 atom stereocenters. The number of carbonyl (C=O) groups is 1. The lowest BCUT2D eigenvalue weighted by Gasteiger charge is -2.26. The van der Waals surface area contributed by atoms with Crippen molar-refractivity contribution in [1.82, 2.24) is 4.90 Å². The summed E-state index contributed by atoms with van der Waals surface area (Å²) in [5.74, 6) is 1.20. The molecule has 1 amide bonds. The van der Waals surface area contributed by atoms with Crippen molar-refractivity contribution in [1.29, 1.82) is 0 Å². The average molecular weight is 270 g/mol. The summed E-state index contributed by atoms with van der Waals surface area (Å²) in [5.41, 5.74) is 5.46. The fourth-order valence-corrected chi connectivity index (χ4v) is 2.80. The van der Waals surface area contributed by atoms with Crippen LogP contribution in [0.2, 0.25) is 0 Å². The monoisotopic (exact) mass is 270 g/mol. The Labute approximate surface area is 117 Å². The highest BCUT2D eigenvalue weighted by atomic mass is 16.6. The summed E-state index contributed by atoms with van der Waals surface area (Å²) in [5, 5.41) is 0. The normalized spacial score (nSPS) is 25.0. The van der Waals surface area contributed by atoms with Gasteiger partial charge in [0, 0.05) is 13.1 Å². The maximum absolute atomic E-state index is 12.1. The molecule has 1 saturated heterocycles. The van der Waals surface area contributed by atoms with Crippen LogP contribution in [-0.4, -0.2) is 36.2 Å². The number of likely N-dealkylation sites (tertiary alicyclic amines) is 1. The zero-order valence-corrected chi connectivity index (χ0v) is 12.9. The summed E-state index contributed by atoms with van der Waals surface area (Å²) in [7, 11) is 0. The lowest BCUT2D eigenvalue weighted by molar-refractivity contribution is 0.0254. The molecule has 0 aliphatic carbocycles. The van der Waals surface area contributed by atoms with E-state index in [1.54, 1.807) is 0 Å². The van der Waals surface area contributed by atoms with E-state index in [4.69, 9.17) is 10.5 Å². The van der Waals surface area contributed by atoms with Crippen LogP contribution in [0.3, 0.4) is 0 Å². The Kier molecular flexibility index (Phi) is 6.11. The Morgan fingerprint density at radius 3 is 2.32 bits per heavy atom. The maximum atomic E-state index is 12.1. The highest BCUT2D eigenvalue weighted by molar-refractivity contribution is 5.68. The Hall–Kier alpha value is -0.770. The van der Waals surface area contributed by atoms with Crippen LogP contribution >= 0.6 is 0 Å². The van der Waals surface area contributed by atoms with E-state index in [-0.39, 0.29) is 6.09 Å². The summed E-state index contributed by atoms with van der Waals surface area (Å²) >= 11 is 0. The molecule has 0 radical (unpaired) electrons. The molecular weight excluding hydrogens is 240 g/mol. The van der Waals surface area contributed by atoms with Crippen molar-refractivity contribution in [2.45, 2.75) is 59.0 Å². The van der Waals surface area contributed by atoms with E-state index >= 15 is 0 Å². The summed E-state index contributed by atoms with van der Waals surface area (Å²) in [6.07, 6.45) is 4.27. The molecule has 2 N–H and O–H groups in total. The van der Waals surface area contributed by atoms with Crippen LogP contribution in [-0.2, 0) is 4.74 Å². The molecule has 1 aliphatic rings. The van der Waals surface area contributed by atoms with E-state index in [9.17, 15) is 4.79 Å². The number of hydrogen-bond acceptors (Lipinski definition) is 3. The first-order valence-corrected chi connectivity index (χ1v) is 7.55. The smallest absolute Gasteiger partial charge is 0.410 e. The zero-order chi connectivity index (χ0) is 14.5. The molecule has 2 unspecified atom stereocenters. The lowest BCUT2D eigenvalue weighted by Crippen LogP contribution is -2.37. The molecule has 1 aliphatic heterocycles. The number of carbonyl (C=O) groups excluding carboxylic acids is 1. The average Bonchev–Trinajstić information content (AvgIpc) is 2.49. The number of nitrogens with two attached hydrogens (primary N) is 1. The molecule has 4 heteroatoms. The van der Waals surface area contributed by atoms with Crippen molar-refractivity contribution in [3.63, 3.8) is 0 Å². The second kappa shape index (κ2) is 7.13. The van der Waals surface area contributed by atoms with Crippen LogP contribution in [0.1, 0.15) is 53.4 Å². The van der Waals surface area contributed by atoms with Crippen molar-refractivity contribution in [2.75, 3.05) is 19.6 Å². The van der Waals surface area contributed by atoms with E-state index in [0.717, 1.165) is 32.5 Å². The predicted molar refractivity (Wildman–Crippen MR) is 78.0 cm³/mol. The van der Waals surface area contributed by atoms with Crippen LogP contribution in [0.15, 0.2) is 0 Å². The highest BCUT2D eigenvalue weighted by Crippen LogP contribution is 2.28. The number of amides is 1. The molecule has 1 rings (SSSR count). The second-order valence-electron chi connectivity index (χ2n) is 6.59. The molecule has 0 aromatic rings. The van der Waals surface area contributed by atoms with Gasteiger partial charge in [-0.25, -0.2) is 4.79 Å². The first-order chi connectivity index (χ1) is 8.87. The molecule has 19 heavy (non-hydrogen) atoms. The minimum absolute atomic E-state index is 0.180. The van der Waals surface area contributed by atoms with Gasteiger partial charge < -0.3 is 15.4 Å². The molecular formula is C15H30N2O2. The second-order valence-corrected chi connectivity index (χ2v) is 6.59. The maximum Gasteiger partial charge on any atom is 0.410 e. The lowest BCUT2D eigenvalue weighted by atomic mass is 9.85. The predicted octanol–water partition coefficient (Wildman–Crippen LogP) is 3.01. The number of ether oxygens (including phenoxy) is 1. The Morgan fingerprint density at radius 2 is 1.84 bits per heavy atom. The van der Waals surface area contributed by atoms with Crippen LogP contribution in [0.4, 0.5) is 4.79 Å². The molecule has 1 fully saturated rings. The topological polar surface area (TPSA) is 55.6 Å². The van der Waals surface area contributed by atoms with Crippen LogP contribution in [0.25, 0.3) is 0 Å². The van der Waals surface area contributed by atoms with Gasteiger partial charge in [0.05, 0.1) is 0 Å². The van der Waals surface area contributed by atoms with Crippen LogP contribution < -0.4 is 5.73 Å². The molecule has 0 bridgehead atoms. The van der Waals surface area contributed by atoms with Gasteiger partial charge in [-0.1, -0.05) is 19.8 Å². The van der Waals surface area contributed by atoms with Gasteiger partial charge in [0.25, 0.3) is 0 Å². The molecule has 4 nitrogen and oxygen atoms in total. The third-order valence-electron chi connectivity index (χ3n) is 3.82. The van der Waals surface area contributed by atoms with Crippen LogP contribution in [0, 0.1) is 11.8 Å². The Morgan fingerprint density at radius 1 is 1.26 bits per heavy atom. The minimum Gasteiger partial charge on any atom is -0.444 e. The standard InChI is InChI=1S/C15H30N2O2/c1-5-6-12-7-9-17(10-8-13(12)11-16)14(18)19-15(2,3)4/h12-13H,5-11,16H2,1-4H3. The Bertz CT molecular complexity index is 286. The molecule has 0 aromatic carbocycles. The van der Waals surface area contributed by atoms with Gasteiger partial charge in [-0.05, 0) is 52.0 Å². The fraction of sp³-hybridized carbons (Fsp3) is 0.933. The van der Waals surface area contributed by atoms with Gasteiger partial charge in [0.2, 0.25) is 0 Å². The first-order valence-electron chi connectivity index (χ1n) is 7.55. The van der Waals surface area contributed by atoms with E-state index in [0.29, 0.717) is 11.8 Å². The molecule has 0 spiro atoms. The van der Waals surface area contributed by atoms with Gasteiger partial charge in [0.15, 0.2) is 0 Å². The third kappa shape index (κ3) is 5.39. The van der Waals surface area contributed by atoms with Crippen molar-refractivity contribution in [2.24, 2.45) is 17.6 Å². The molecule has 112 valence electrons. The number of hydrogen-bond donors (Lipinski definition) is 1. The molecule has 0 aromatic heterocycles. The molecule has 0 saturated carbocycles. The highest BCUT2D eigenvalue weighted by Gasteiger charge is 2.29. The zero-order valence-electron chi connectivity index (χ0n) is 12.9. The Balaban J connectivity index is 2.58. The third-order valence-corrected chi connectivity index (χ3v) is 3.82. The SMILES string of the molecule is CCCC1CCN(C(=O)OC(C)(C)C)CCC1CN. The number of nitrogens with zero attached hydrogens (tertiary/aromatic N) is 1. The fourth-order valence-electron chi connectivity index (χ4n) is 2.80. The van der Waals surface area contributed by atoms with E-state index < -0.39 is 5.60 Å². The summed E-state index contributed by atoms with van der Waals surface area (Å²) in [4.78, 5) is 13.9. The van der Waals surface area contributed by atoms with Gasteiger partial charge in [-0.2, -0.15) is 0 Å². The van der Waals surface area contributed by atoms with Gasteiger partial charge in [0.1, 0.15) is 5.60 Å².